The van der Waals surface area contributed by atoms with Crippen molar-refractivity contribution < 1.29 is 100 Å². The average molecular weight is 1180 g/mol. The lowest BCUT2D eigenvalue weighted by Crippen LogP contribution is -2.52. The molecule has 0 aliphatic carbocycles. The SMILES string of the molecule is O=C(CCC(=O)OC(c1ccc(F)cc1)C(Cc1ccc2c(c1)OC(F)(F)C(F)(F)O2)NC(=O)c1cccc2c(F)cccc12)OC(c1ccc(F)cc1)C(Cc1ccc2c(c1)OC(F)(F)C(F)(F)O2)NC(=O)c1cccc2c(F)cccc12. The molecule has 10 rings (SSSR count). The van der Waals surface area contributed by atoms with Crippen LogP contribution < -0.4 is 29.6 Å². The molecule has 0 aromatic heterocycles. The Balaban J connectivity index is 0.955. The molecule has 8 aromatic carbocycles. The molecule has 24 heteroatoms. The van der Waals surface area contributed by atoms with Crippen LogP contribution >= 0.6 is 0 Å². The van der Waals surface area contributed by atoms with E-state index >= 15 is 0 Å². The lowest BCUT2D eigenvalue weighted by molar-refractivity contribution is -0.391. The van der Waals surface area contributed by atoms with Crippen molar-refractivity contribution in [3.63, 3.8) is 0 Å². The number of halogens is 12. The number of esters is 2. The van der Waals surface area contributed by atoms with Crippen molar-refractivity contribution in [3.8, 4) is 23.0 Å². The van der Waals surface area contributed by atoms with Gasteiger partial charge >= 0.3 is 36.4 Å². The molecule has 0 bridgehead atoms. The predicted molar refractivity (Wildman–Crippen MR) is 273 cm³/mol. The predicted octanol–water partition coefficient (Wildman–Crippen LogP) is 13.2. The van der Waals surface area contributed by atoms with E-state index in [1.165, 1.54) is 84.9 Å². The second-order valence-corrected chi connectivity index (χ2v) is 19.3. The Bertz CT molecular complexity index is 3600. The summed E-state index contributed by atoms with van der Waals surface area (Å²) in [6.45, 7) is 0. The number of fused-ring (bicyclic) bond motifs is 4. The average Bonchev–Trinajstić information content (AvgIpc) is 3.04. The molecule has 0 fully saturated rings. The first-order valence-electron chi connectivity index (χ1n) is 25.2. The van der Waals surface area contributed by atoms with E-state index in [1.54, 1.807) is 0 Å². The van der Waals surface area contributed by atoms with Crippen molar-refractivity contribution in [1.82, 2.24) is 10.6 Å². The van der Waals surface area contributed by atoms with E-state index in [9.17, 15) is 71.9 Å². The number of alkyl halides is 8. The van der Waals surface area contributed by atoms with Crippen LogP contribution in [0.5, 0.6) is 23.0 Å². The molecule has 8 aromatic rings. The van der Waals surface area contributed by atoms with Gasteiger partial charge in [0.15, 0.2) is 23.0 Å². The van der Waals surface area contributed by atoms with Gasteiger partial charge in [0.05, 0.1) is 24.9 Å². The molecule has 0 spiro atoms. The van der Waals surface area contributed by atoms with E-state index < -0.39 is 144 Å². The third kappa shape index (κ3) is 12.0. The first-order valence-corrected chi connectivity index (χ1v) is 25.2. The summed E-state index contributed by atoms with van der Waals surface area (Å²) in [4.78, 5) is 57.0. The molecule has 0 radical (unpaired) electrons. The number of hydrogen-bond donors (Lipinski definition) is 2. The second kappa shape index (κ2) is 22.7. The van der Waals surface area contributed by atoms with Crippen LogP contribution in [0.2, 0.25) is 0 Å². The fourth-order valence-electron chi connectivity index (χ4n) is 9.56. The summed E-state index contributed by atoms with van der Waals surface area (Å²) in [5.41, 5.74) is -0.266. The van der Waals surface area contributed by atoms with Gasteiger partial charge in [0, 0.05) is 21.9 Å². The molecular formula is C60H40F12N2O10. The second-order valence-electron chi connectivity index (χ2n) is 19.3. The first-order chi connectivity index (χ1) is 39.8. The van der Waals surface area contributed by atoms with E-state index in [2.05, 4.69) is 29.6 Å². The van der Waals surface area contributed by atoms with Gasteiger partial charge < -0.3 is 39.1 Å². The first kappa shape index (κ1) is 57.7. The maximum atomic E-state index is 15.0. The number of hydrogen-bond acceptors (Lipinski definition) is 10. The zero-order valence-electron chi connectivity index (χ0n) is 42.8. The van der Waals surface area contributed by atoms with E-state index in [4.69, 9.17) is 9.47 Å². The van der Waals surface area contributed by atoms with Crippen LogP contribution in [0, 0.1) is 23.3 Å². The molecule has 2 aliphatic heterocycles. The Labute approximate surface area is 466 Å². The number of amides is 2. The molecular weight excluding hydrogens is 1140 g/mol. The van der Waals surface area contributed by atoms with Crippen molar-refractivity contribution in [3.05, 3.63) is 214 Å². The fourth-order valence-corrected chi connectivity index (χ4v) is 9.56. The standard InChI is InChI=1S/C60H40F12N2O10/c61-35-19-15-33(16-20-35)53(45(73-55(77)41-9-1-7-39-37(41)5-3-11-43(39)63)27-31-13-23-47-49(29-31)83-59(69,70)57(65,66)81-47)79-51(75)25-26-52(76)80-54(34-17-21-36(62)22-18-34)46(74-56(78)42-10-2-8-40-38(42)6-4-12-44(40)64)28-32-14-24-48-50(30-32)84-60(71,72)58(67,68)82-48/h1-24,29-30,45-46,53-54H,25-28H2,(H,73,77)(H,74,78). The van der Waals surface area contributed by atoms with E-state index in [-0.39, 0.29) is 54.9 Å². The van der Waals surface area contributed by atoms with Gasteiger partial charge in [0.2, 0.25) is 0 Å². The smallest absolute Gasteiger partial charge is 0.455 e. The van der Waals surface area contributed by atoms with Crippen molar-refractivity contribution in [2.75, 3.05) is 0 Å². The van der Waals surface area contributed by atoms with Crippen LogP contribution in [0.1, 0.15) is 68.0 Å². The van der Waals surface area contributed by atoms with Gasteiger partial charge in [-0.25, -0.2) is 17.6 Å². The Morgan fingerprint density at radius 3 is 1.11 bits per heavy atom. The minimum atomic E-state index is -5.14. The molecule has 434 valence electrons. The van der Waals surface area contributed by atoms with Gasteiger partial charge in [-0.15, -0.1) is 0 Å². The molecule has 2 amide bonds. The summed E-state index contributed by atoms with van der Waals surface area (Å²) in [5.74, 6) is -10.4. The summed E-state index contributed by atoms with van der Waals surface area (Å²) in [5, 5.41) is 5.71. The molecule has 0 saturated carbocycles. The highest BCUT2D eigenvalue weighted by atomic mass is 19.3. The summed E-state index contributed by atoms with van der Waals surface area (Å²) in [6, 6.07) is 27.4. The van der Waals surface area contributed by atoms with Gasteiger partial charge in [-0.3, -0.25) is 19.2 Å². The van der Waals surface area contributed by atoms with Crippen molar-refractivity contribution in [2.45, 2.75) is 74.4 Å². The molecule has 2 aliphatic rings. The zero-order chi connectivity index (χ0) is 59.9. The number of carbonyl (C=O) groups excluding carboxylic acids is 4. The molecule has 2 N–H and O–H groups in total. The number of ether oxygens (including phenoxy) is 6. The van der Waals surface area contributed by atoms with E-state index in [0.29, 0.717) is 0 Å². The Morgan fingerprint density at radius 1 is 0.405 bits per heavy atom. The fraction of sp³-hybridized carbons (Fsp3) is 0.200. The Morgan fingerprint density at radius 2 is 0.738 bits per heavy atom. The number of rotatable bonds is 17. The van der Waals surface area contributed by atoms with Crippen LogP contribution in [0.25, 0.3) is 21.5 Å². The molecule has 2 heterocycles. The largest absolute Gasteiger partial charge is 0.507 e. The Hall–Kier alpha value is -9.48. The minimum Gasteiger partial charge on any atom is -0.455 e. The number of nitrogens with one attached hydrogen (secondary N) is 2. The van der Waals surface area contributed by atoms with Crippen molar-refractivity contribution >= 4 is 45.3 Å². The maximum absolute atomic E-state index is 15.0. The van der Waals surface area contributed by atoms with Crippen LogP contribution in [-0.4, -0.2) is 60.3 Å². The van der Waals surface area contributed by atoms with Gasteiger partial charge in [0.25, 0.3) is 11.8 Å². The van der Waals surface area contributed by atoms with E-state index in [0.717, 1.165) is 72.8 Å². The third-order valence-corrected chi connectivity index (χ3v) is 13.6. The monoisotopic (exact) mass is 1180 g/mol. The molecule has 4 atom stereocenters. The molecule has 84 heavy (non-hydrogen) atoms. The lowest BCUT2D eigenvalue weighted by Gasteiger charge is -2.32. The van der Waals surface area contributed by atoms with Gasteiger partial charge in [-0.05, 0) is 119 Å². The topological polar surface area (TPSA) is 148 Å². The van der Waals surface area contributed by atoms with Crippen molar-refractivity contribution in [1.29, 1.82) is 0 Å². The van der Waals surface area contributed by atoms with Crippen molar-refractivity contribution in [2.24, 2.45) is 0 Å². The van der Waals surface area contributed by atoms with Crippen LogP contribution in [0.4, 0.5) is 52.7 Å². The number of carbonyl (C=O) groups is 4. The van der Waals surface area contributed by atoms with Gasteiger partial charge in [0.1, 0.15) is 35.5 Å². The summed E-state index contributed by atoms with van der Waals surface area (Å²) in [6.07, 6.45) is -26.5. The molecule has 4 unspecified atom stereocenters. The third-order valence-electron chi connectivity index (χ3n) is 13.6. The van der Waals surface area contributed by atoms with Gasteiger partial charge in [-0.1, -0.05) is 84.9 Å². The molecule has 12 nitrogen and oxygen atoms in total. The van der Waals surface area contributed by atoms with Crippen LogP contribution in [-0.2, 0) is 31.9 Å². The highest BCUT2D eigenvalue weighted by Crippen LogP contribution is 2.49. The maximum Gasteiger partial charge on any atom is 0.507 e. The van der Waals surface area contributed by atoms with E-state index in [1.807, 2.05) is 0 Å². The van der Waals surface area contributed by atoms with Crippen LogP contribution in [0.3, 0.4) is 0 Å². The highest BCUT2D eigenvalue weighted by molar-refractivity contribution is 6.08. The number of benzene rings is 8. The summed E-state index contributed by atoms with van der Waals surface area (Å²) < 4.78 is 202. The molecule has 0 saturated heterocycles. The summed E-state index contributed by atoms with van der Waals surface area (Å²) >= 11 is 0. The van der Waals surface area contributed by atoms with Crippen LogP contribution in [0.15, 0.2) is 158 Å². The highest BCUT2D eigenvalue weighted by Gasteiger charge is 2.67. The zero-order valence-corrected chi connectivity index (χ0v) is 42.8. The van der Waals surface area contributed by atoms with Gasteiger partial charge in [-0.2, -0.15) is 35.1 Å². The quantitative estimate of drug-likeness (QED) is 0.0667. The Kier molecular flexibility index (Phi) is 15.6. The summed E-state index contributed by atoms with van der Waals surface area (Å²) in [7, 11) is 0. The minimum absolute atomic E-state index is 0.00855. The normalized spacial score (nSPS) is 16.6. The lowest BCUT2D eigenvalue weighted by atomic mass is 9.94.